The van der Waals surface area contributed by atoms with Crippen LogP contribution in [0.3, 0.4) is 0 Å². The molecule has 0 N–H and O–H groups in total. The van der Waals surface area contributed by atoms with Crippen molar-refractivity contribution in [3.8, 4) is 0 Å². The summed E-state index contributed by atoms with van der Waals surface area (Å²) in [4.78, 5) is 6.08. The summed E-state index contributed by atoms with van der Waals surface area (Å²) in [6.07, 6.45) is 9.45. The van der Waals surface area contributed by atoms with E-state index in [-0.39, 0.29) is 0 Å². The van der Waals surface area contributed by atoms with Crippen molar-refractivity contribution in [2.24, 2.45) is 5.92 Å². The topological polar surface area (TPSA) is 38.5 Å². The Morgan fingerprint density at radius 3 is 2.71 bits per heavy atom. The van der Waals surface area contributed by atoms with E-state index >= 15 is 0 Å². The molecule has 1 saturated carbocycles. The van der Waals surface area contributed by atoms with Gasteiger partial charge in [0.2, 0.25) is 0 Å². The molecule has 3 aliphatic rings. The van der Waals surface area contributed by atoms with Crippen LogP contribution < -0.4 is 0 Å². The fourth-order valence-electron chi connectivity index (χ4n) is 3.97. The minimum Gasteiger partial charge on any atom is -0.410 e. The first-order valence-corrected chi connectivity index (χ1v) is 9.04. The Labute approximate surface area is 143 Å². The van der Waals surface area contributed by atoms with Gasteiger partial charge in [-0.05, 0) is 70.4 Å². The summed E-state index contributed by atoms with van der Waals surface area (Å²) >= 11 is 0. The number of hydroxylamine groups is 2. The van der Waals surface area contributed by atoms with Gasteiger partial charge in [-0.25, -0.2) is 0 Å². The Bertz CT molecular complexity index is 730. The molecular formula is C20H26N2O2. The van der Waals surface area contributed by atoms with Gasteiger partial charge >= 0.3 is 0 Å². The molecule has 4 nitrogen and oxygen atoms in total. The third kappa shape index (κ3) is 2.73. The zero-order chi connectivity index (χ0) is 16.8. The minimum absolute atomic E-state index is 0.317. The molecule has 0 bridgehead atoms. The predicted molar refractivity (Wildman–Crippen MR) is 93.9 cm³/mol. The second-order valence-electron chi connectivity index (χ2n) is 7.35. The number of aryl methyl sites for hydroxylation is 2. The van der Waals surface area contributed by atoms with Crippen LogP contribution in [0.4, 0.5) is 0 Å². The third-order valence-corrected chi connectivity index (χ3v) is 5.39. The standard InChI is InChI=1S/C20H26N2O2/c1-12-19(14(3)23-21-12)17-6-5-7-18(10-17)20-13(2)22(24-15(20)4)11-16-8-9-16/h7,10,13,16H,5-6,8-9,11H2,1-4H3. The maximum atomic E-state index is 6.08. The molecule has 1 aromatic rings. The molecule has 0 saturated heterocycles. The summed E-state index contributed by atoms with van der Waals surface area (Å²) in [5.41, 5.74) is 6.13. The van der Waals surface area contributed by atoms with Crippen molar-refractivity contribution >= 4 is 5.57 Å². The minimum atomic E-state index is 0.317. The van der Waals surface area contributed by atoms with Crippen LogP contribution in [0.1, 0.15) is 56.5 Å². The first kappa shape index (κ1) is 15.7. The normalized spacial score (nSPS) is 24.9. The highest BCUT2D eigenvalue weighted by Gasteiger charge is 2.35. The average molecular weight is 326 g/mol. The molecule has 4 rings (SSSR count). The van der Waals surface area contributed by atoms with Gasteiger partial charge in [0, 0.05) is 17.7 Å². The van der Waals surface area contributed by atoms with Crippen molar-refractivity contribution in [3.63, 3.8) is 0 Å². The Morgan fingerprint density at radius 2 is 2.04 bits per heavy atom. The molecule has 24 heavy (non-hydrogen) atoms. The van der Waals surface area contributed by atoms with Crippen molar-refractivity contribution in [1.82, 2.24) is 10.2 Å². The van der Waals surface area contributed by atoms with E-state index in [1.165, 1.54) is 35.1 Å². The smallest absolute Gasteiger partial charge is 0.141 e. The molecular weight excluding hydrogens is 300 g/mol. The lowest BCUT2D eigenvalue weighted by Gasteiger charge is -2.22. The van der Waals surface area contributed by atoms with Crippen LogP contribution in [-0.2, 0) is 4.84 Å². The molecule has 1 atom stereocenters. The van der Waals surface area contributed by atoms with Gasteiger partial charge in [-0.2, -0.15) is 0 Å². The van der Waals surface area contributed by atoms with Crippen molar-refractivity contribution < 1.29 is 9.36 Å². The van der Waals surface area contributed by atoms with E-state index < -0.39 is 0 Å². The molecule has 1 aromatic heterocycles. The third-order valence-electron chi connectivity index (χ3n) is 5.39. The Balaban J connectivity index is 1.61. The highest BCUT2D eigenvalue weighted by Crippen LogP contribution is 2.40. The van der Waals surface area contributed by atoms with Gasteiger partial charge in [0.05, 0.1) is 11.7 Å². The highest BCUT2D eigenvalue weighted by molar-refractivity contribution is 5.74. The SMILES string of the molecule is CC1=C(C2=CCCC(c3c(C)noc3C)=C2)C(C)N(CC2CC2)O1. The van der Waals surface area contributed by atoms with Crippen LogP contribution >= 0.6 is 0 Å². The lowest BCUT2D eigenvalue weighted by Crippen LogP contribution is -2.30. The van der Waals surface area contributed by atoms with Crippen LogP contribution in [0.15, 0.2) is 33.6 Å². The van der Waals surface area contributed by atoms with Crippen LogP contribution in [0, 0.1) is 19.8 Å². The number of hydrogen-bond acceptors (Lipinski definition) is 4. The fraction of sp³-hybridized carbons (Fsp3) is 0.550. The average Bonchev–Trinajstić information content (AvgIpc) is 3.24. The molecule has 4 heteroatoms. The van der Waals surface area contributed by atoms with Crippen LogP contribution in [0.5, 0.6) is 0 Å². The van der Waals surface area contributed by atoms with Crippen molar-refractivity contribution in [1.29, 1.82) is 0 Å². The van der Waals surface area contributed by atoms with Crippen LogP contribution in [0.25, 0.3) is 5.57 Å². The van der Waals surface area contributed by atoms with Crippen LogP contribution in [-0.4, -0.2) is 22.8 Å². The number of nitrogens with zero attached hydrogens (tertiary/aromatic N) is 2. The van der Waals surface area contributed by atoms with E-state index in [1.807, 2.05) is 13.8 Å². The van der Waals surface area contributed by atoms with Gasteiger partial charge in [0.25, 0.3) is 0 Å². The largest absolute Gasteiger partial charge is 0.410 e. The molecule has 1 unspecified atom stereocenters. The Kier molecular flexibility index (Phi) is 3.87. The molecule has 0 aromatic carbocycles. The first-order chi connectivity index (χ1) is 11.5. The quantitative estimate of drug-likeness (QED) is 0.803. The van der Waals surface area contributed by atoms with Gasteiger partial charge < -0.3 is 9.36 Å². The number of allylic oxidation sites excluding steroid dienone is 4. The van der Waals surface area contributed by atoms with Gasteiger partial charge in [-0.1, -0.05) is 17.3 Å². The second kappa shape index (κ2) is 5.92. The number of hydrogen-bond donors (Lipinski definition) is 0. The summed E-state index contributed by atoms with van der Waals surface area (Å²) in [7, 11) is 0. The van der Waals surface area contributed by atoms with E-state index in [2.05, 4.69) is 36.2 Å². The molecule has 0 spiro atoms. The molecule has 2 heterocycles. The van der Waals surface area contributed by atoms with Crippen molar-refractivity contribution in [3.05, 3.63) is 46.1 Å². The van der Waals surface area contributed by atoms with Crippen molar-refractivity contribution in [2.45, 2.75) is 59.4 Å². The lowest BCUT2D eigenvalue weighted by atomic mass is 9.87. The van der Waals surface area contributed by atoms with Crippen molar-refractivity contribution in [2.75, 3.05) is 6.54 Å². The summed E-state index contributed by atoms with van der Waals surface area (Å²) in [6, 6.07) is 0.317. The Hall–Kier alpha value is -1.81. The second-order valence-corrected chi connectivity index (χ2v) is 7.35. The number of rotatable bonds is 4. The van der Waals surface area contributed by atoms with E-state index in [0.717, 1.165) is 42.5 Å². The van der Waals surface area contributed by atoms with Crippen LogP contribution in [0.2, 0.25) is 0 Å². The van der Waals surface area contributed by atoms with Gasteiger partial charge in [0.1, 0.15) is 11.5 Å². The highest BCUT2D eigenvalue weighted by atomic mass is 16.7. The Morgan fingerprint density at radius 1 is 1.25 bits per heavy atom. The van der Waals surface area contributed by atoms with E-state index in [4.69, 9.17) is 9.36 Å². The molecule has 1 fully saturated rings. The zero-order valence-electron chi connectivity index (χ0n) is 15.1. The van der Waals surface area contributed by atoms with Gasteiger partial charge in [-0.15, -0.1) is 5.06 Å². The fourth-order valence-corrected chi connectivity index (χ4v) is 3.97. The lowest BCUT2D eigenvalue weighted by molar-refractivity contribution is -0.116. The summed E-state index contributed by atoms with van der Waals surface area (Å²) < 4.78 is 5.36. The molecule has 0 amide bonds. The molecule has 0 radical (unpaired) electrons. The number of aromatic nitrogens is 1. The molecule has 2 aliphatic carbocycles. The van der Waals surface area contributed by atoms with E-state index in [9.17, 15) is 0 Å². The van der Waals surface area contributed by atoms with Gasteiger partial charge in [0.15, 0.2) is 0 Å². The maximum absolute atomic E-state index is 6.08. The summed E-state index contributed by atoms with van der Waals surface area (Å²) in [6.45, 7) is 9.42. The predicted octanol–water partition coefficient (Wildman–Crippen LogP) is 4.71. The first-order valence-electron chi connectivity index (χ1n) is 9.04. The monoisotopic (exact) mass is 326 g/mol. The van der Waals surface area contributed by atoms with E-state index in [1.54, 1.807) is 0 Å². The zero-order valence-corrected chi connectivity index (χ0v) is 15.1. The summed E-state index contributed by atoms with van der Waals surface area (Å²) in [5.74, 6) is 2.79. The summed E-state index contributed by atoms with van der Waals surface area (Å²) in [5, 5.41) is 6.28. The molecule has 128 valence electrons. The molecule has 1 aliphatic heterocycles. The van der Waals surface area contributed by atoms with E-state index in [0.29, 0.717) is 6.04 Å². The van der Waals surface area contributed by atoms with Gasteiger partial charge in [-0.3, -0.25) is 0 Å². The maximum Gasteiger partial charge on any atom is 0.141 e.